The number of nitrogens with one attached hydrogen (secondary N) is 3. The lowest BCUT2D eigenvalue weighted by Gasteiger charge is -2.16. The Hall–Kier alpha value is -3.20. The number of benzene rings is 1. The fourth-order valence-corrected chi connectivity index (χ4v) is 2.25. The molecule has 8 nitrogen and oxygen atoms in total. The highest BCUT2D eigenvalue weighted by molar-refractivity contribution is 5.99. The molecule has 2 aromatic rings. The minimum absolute atomic E-state index is 0.0492. The first-order chi connectivity index (χ1) is 13.4. The highest BCUT2D eigenvalue weighted by Crippen LogP contribution is 2.21. The lowest BCUT2D eigenvalue weighted by atomic mass is 10.2. The summed E-state index contributed by atoms with van der Waals surface area (Å²) < 4.78 is 24.2. The average molecular weight is 390 g/mol. The van der Waals surface area contributed by atoms with Gasteiger partial charge in [-0.1, -0.05) is 0 Å². The minimum Gasteiger partial charge on any atom is -0.489 e. The Balaban J connectivity index is 1.93. The summed E-state index contributed by atoms with van der Waals surface area (Å²) in [6, 6.07) is 6.79. The van der Waals surface area contributed by atoms with Gasteiger partial charge in [0.2, 0.25) is 5.91 Å². The number of ether oxygens (including phenoxy) is 2. The number of halogens is 1. The second kappa shape index (κ2) is 10.2. The number of nitrogens with zero attached hydrogens (tertiary/aromatic N) is 1. The third-order valence-electron chi connectivity index (χ3n) is 3.50. The molecule has 0 unspecified atom stereocenters. The molecule has 2 rings (SSSR count). The van der Waals surface area contributed by atoms with Crippen LogP contribution in [0.5, 0.6) is 5.75 Å². The molecule has 0 spiro atoms. The maximum absolute atomic E-state index is 13.9. The lowest BCUT2D eigenvalue weighted by molar-refractivity contribution is -0.125. The van der Waals surface area contributed by atoms with E-state index in [1.165, 1.54) is 31.5 Å². The minimum atomic E-state index is -0.569. The molecule has 1 aromatic heterocycles. The quantitative estimate of drug-likeness (QED) is 0.643. The molecule has 3 amide bonds. The molecule has 9 heteroatoms. The molecule has 0 saturated carbocycles. The number of anilines is 2. The number of rotatable bonds is 8. The van der Waals surface area contributed by atoms with Gasteiger partial charge in [0, 0.05) is 30.6 Å². The zero-order valence-corrected chi connectivity index (χ0v) is 15.9. The summed E-state index contributed by atoms with van der Waals surface area (Å²) in [5.74, 6) is -0.622. The first-order valence-electron chi connectivity index (χ1n) is 8.59. The zero-order chi connectivity index (χ0) is 20.5. The fourth-order valence-electron chi connectivity index (χ4n) is 2.25. The van der Waals surface area contributed by atoms with E-state index in [1.807, 2.05) is 6.92 Å². The van der Waals surface area contributed by atoms with E-state index >= 15 is 0 Å². The van der Waals surface area contributed by atoms with Gasteiger partial charge in [0.1, 0.15) is 24.3 Å². The number of carbonyl (C=O) groups excluding carboxylic acids is 2. The van der Waals surface area contributed by atoms with Gasteiger partial charge in [-0.05, 0) is 32.0 Å². The summed E-state index contributed by atoms with van der Waals surface area (Å²) >= 11 is 0. The molecule has 1 aromatic carbocycles. The summed E-state index contributed by atoms with van der Waals surface area (Å²) in [6.07, 6.45) is 1.11. The van der Waals surface area contributed by atoms with E-state index in [1.54, 1.807) is 19.1 Å². The maximum Gasteiger partial charge on any atom is 0.323 e. The normalized spacial score (nSPS) is 11.4. The SMILES string of the molecule is COCC(=O)NC[C@H](C)Oc1cc(F)cc(NC(=O)Nc2ccc(C)nc2)c1. The van der Waals surface area contributed by atoms with Gasteiger partial charge in [0.25, 0.3) is 0 Å². The van der Waals surface area contributed by atoms with Gasteiger partial charge in [-0.3, -0.25) is 9.78 Å². The van der Waals surface area contributed by atoms with Gasteiger partial charge < -0.3 is 25.4 Å². The predicted molar refractivity (Wildman–Crippen MR) is 103 cm³/mol. The summed E-state index contributed by atoms with van der Waals surface area (Å²) in [5.41, 5.74) is 1.56. The molecule has 0 aliphatic carbocycles. The van der Waals surface area contributed by atoms with Crippen molar-refractivity contribution in [2.24, 2.45) is 0 Å². The maximum atomic E-state index is 13.9. The summed E-state index contributed by atoms with van der Waals surface area (Å²) in [7, 11) is 1.42. The summed E-state index contributed by atoms with van der Waals surface area (Å²) in [6.45, 7) is 3.74. The van der Waals surface area contributed by atoms with E-state index in [0.717, 1.165) is 5.69 Å². The van der Waals surface area contributed by atoms with Gasteiger partial charge in [-0.25, -0.2) is 9.18 Å². The van der Waals surface area contributed by atoms with Gasteiger partial charge in [-0.15, -0.1) is 0 Å². The van der Waals surface area contributed by atoms with Crippen molar-refractivity contribution < 1.29 is 23.5 Å². The van der Waals surface area contributed by atoms with E-state index in [0.29, 0.717) is 5.69 Å². The van der Waals surface area contributed by atoms with Crippen molar-refractivity contribution in [3.63, 3.8) is 0 Å². The van der Waals surface area contributed by atoms with Crippen LogP contribution < -0.4 is 20.7 Å². The standard InChI is InChI=1S/C19H23FN4O4/c1-12-4-5-15(10-21-12)23-19(26)24-16-6-14(20)7-17(8-16)28-13(2)9-22-18(25)11-27-3/h4-8,10,13H,9,11H2,1-3H3,(H,22,25)(H2,23,24,26)/t13-/m0/s1. The van der Waals surface area contributed by atoms with Gasteiger partial charge >= 0.3 is 6.03 Å². The number of methoxy groups -OCH3 is 1. The van der Waals surface area contributed by atoms with Gasteiger partial charge in [0.05, 0.1) is 18.4 Å². The Morgan fingerprint density at radius 2 is 1.93 bits per heavy atom. The van der Waals surface area contributed by atoms with Crippen LogP contribution in [-0.4, -0.2) is 43.3 Å². The molecule has 150 valence electrons. The summed E-state index contributed by atoms with van der Waals surface area (Å²) in [4.78, 5) is 27.5. The van der Waals surface area contributed by atoms with Crippen molar-refractivity contribution in [2.75, 3.05) is 30.9 Å². The van der Waals surface area contributed by atoms with Crippen molar-refractivity contribution in [2.45, 2.75) is 20.0 Å². The van der Waals surface area contributed by atoms with Crippen molar-refractivity contribution in [1.29, 1.82) is 0 Å². The molecule has 0 saturated heterocycles. The largest absolute Gasteiger partial charge is 0.489 e. The van der Waals surface area contributed by atoms with Gasteiger partial charge in [0.15, 0.2) is 0 Å². The molecule has 1 atom stereocenters. The van der Waals surface area contributed by atoms with E-state index in [2.05, 4.69) is 20.9 Å². The Kier molecular flexibility index (Phi) is 7.70. The van der Waals surface area contributed by atoms with Crippen LogP contribution in [0.4, 0.5) is 20.6 Å². The van der Waals surface area contributed by atoms with Crippen molar-refractivity contribution in [1.82, 2.24) is 10.3 Å². The Labute approximate surface area is 162 Å². The van der Waals surface area contributed by atoms with Crippen LogP contribution in [0.1, 0.15) is 12.6 Å². The second-order valence-electron chi connectivity index (χ2n) is 6.11. The molecule has 0 radical (unpaired) electrons. The molecule has 3 N–H and O–H groups in total. The van der Waals surface area contributed by atoms with Crippen LogP contribution in [0.3, 0.4) is 0 Å². The zero-order valence-electron chi connectivity index (χ0n) is 15.9. The highest BCUT2D eigenvalue weighted by atomic mass is 19.1. The molecule has 0 fully saturated rings. The molecule has 28 heavy (non-hydrogen) atoms. The monoisotopic (exact) mass is 390 g/mol. The number of pyridine rings is 1. The van der Waals surface area contributed by atoms with E-state index in [9.17, 15) is 14.0 Å². The van der Waals surface area contributed by atoms with E-state index < -0.39 is 18.0 Å². The Bertz CT molecular complexity index is 814. The number of aromatic nitrogens is 1. The first kappa shape index (κ1) is 21.1. The topological polar surface area (TPSA) is 102 Å². The van der Waals surface area contributed by atoms with Crippen LogP contribution >= 0.6 is 0 Å². The highest BCUT2D eigenvalue weighted by Gasteiger charge is 2.10. The third kappa shape index (κ3) is 7.20. The molecule has 0 aliphatic rings. The van der Waals surface area contributed by atoms with Gasteiger partial charge in [-0.2, -0.15) is 0 Å². The molecular formula is C19H23FN4O4. The second-order valence-corrected chi connectivity index (χ2v) is 6.11. The van der Waals surface area contributed by atoms with E-state index in [4.69, 9.17) is 9.47 Å². The molecule has 0 bridgehead atoms. The Morgan fingerprint density at radius 1 is 1.18 bits per heavy atom. The van der Waals surface area contributed by atoms with Crippen LogP contribution in [0.2, 0.25) is 0 Å². The average Bonchev–Trinajstić information content (AvgIpc) is 2.61. The fraction of sp³-hybridized carbons (Fsp3) is 0.316. The van der Waals surface area contributed by atoms with Crippen LogP contribution in [0.15, 0.2) is 36.5 Å². The first-order valence-corrected chi connectivity index (χ1v) is 8.59. The molecule has 0 aliphatic heterocycles. The van der Waals surface area contributed by atoms with Crippen molar-refractivity contribution in [3.05, 3.63) is 48.0 Å². The van der Waals surface area contributed by atoms with Crippen molar-refractivity contribution >= 4 is 23.3 Å². The molecule has 1 heterocycles. The predicted octanol–water partition coefficient (Wildman–Crippen LogP) is 2.70. The third-order valence-corrected chi connectivity index (χ3v) is 3.50. The van der Waals surface area contributed by atoms with Crippen molar-refractivity contribution in [3.8, 4) is 5.75 Å². The lowest BCUT2D eigenvalue weighted by Crippen LogP contribution is -2.35. The van der Waals surface area contributed by atoms with Crippen LogP contribution in [-0.2, 0) is 9.53 Å². The number of carbonyl (C=O) groups is 2. The molecular weight excluding hydrogens is 367 g/mol. The smallest absolute Gasteiger partial charge is 0.323 e. The summed E-state index contributed by atoms with van der Waals surface area (Å²) in [5, 5.41) is 7.78. The van der Waals surface area contributed by atoms with E-state index in [-0.39, 0.29) is 30.5 Å². The van der Waals surface area contributed by atoms with Crippen LogP contribution in [0.25, 0.3) is 0 Å². The number of amides is 3. The number of aryl methyl sites for hydroxylation is 1. The Morgan fingerprint density at radius 3 is 2.61 bits per heavy atom. The number of hydrogen-bond donors (Lipinski definition) is 3. The number of urea groups is 1. The number of hydrogen-bond acceptors (Lipinski definition) is 5. The van der Waals surface area contributed by atoms with Crippen LogP contribution in [0, 0.1) is 12.7 Å².